The lowest BCUT2D eigenvalue weighted by molar-refractivity contribution is 0.180. The van der Waals surface area contributed by atoms with E-state index in [1.54, 1.807) is 7.11 Å². The van der Waals surface area contributed by atoms with Crippen LogP contribution in [-0.4, -0.2) is 31.1 Å². The van der Waals surface area contributed by atoms with E-state index in [9.17, 15) is 0 Å². The zero-order chi connectivity index (χ0) is 14.5. The van der Waals surface area contributed by atoms with Crippen LogP contribution in [0.2, 0.25) is 0 Å². The van der Waals surface area contributed by atoms with Crippen LogP contribution in [0.3, 0.4) is 0 Å². The molecule has 3 heteroatoms. The molecule has 0 heterocycles. The van der Waals surface area contributed by atoms with Crippen LogP contribution in [0.1, 0.15) is 44.7 Å². The molecule has 1 saturated carbocycles. The highest BCUT2D eigenvalue weighted by atomic mass is 16.5. The summed E-state index contributed by atoms with van der Waals surface area (Å²) in [6.07, 6.45) is 3.87. The van der Waals surface area contributed by atoms with E-state index >= 15 is 0 Å². The van der Waals surface area contributed by atoms with Crippen molar-refractivity contribution >= 4 is 0 Å². The zero-order valence-electron chi connectivity index (χ0n) is 13.0. The number of methoxy groups -OCH3 is 1. The van der Waals surface area contributed by atoms with Crippen molar-refractivity contribution in [2.45, 2.75) is 45.2 Å². The smallest absolute Gasteiger partial charge is 0.119 e. The summed E-state index contributed by atoms with van der Waals surface area (Å²) in [5, 5.41) is 0. The lowest BCUT2D eigenvalue weighted by atomic mass is 10.0. The van der Waals surface area contributed by atoms with E-state index in [-0.39, 0.29) is 0 Å². The number of nitrogens with two attached hydrogens (primary N) is 1. The Morgan fingerprint density at radius 2 is 2.10 bits per heavy atom. The number of hydrogen-bond acceptors (Lipinski definition) is 3. The van der Waals surface area contributed by atoms with Crippen molar-refractivity contribution in [3.8, 4) is 5.75 Å². The summed E-state index contributed by atoms with van der Waals surface area (Å²) >= 11 is 0. The molecule has 0 aromatic heterocycles. The van der Waals surface area contributed by atoms with Crippen molar-refractivity contribution in [2.75, 3.05) is 20.2 Å². The first-order valence-electron chi connectivity index (χ1n) is 7.75. The van der Waals surface area contributed by atoms with Gasteiger partial charge in [0.05, 0.1) is 7.11 Å². The van der Waals surface area contributed by atoms with Gasteiger partial charge in [0.25, 0.3) is 0 Å². The quantitative estimate of drug-likeness (QED) is 0.792. The predicted molar refractivity (Wildman–Crippen MR) is 84.0 cm³/mol. The molecule has 1 aromatic carbocycles. The van der Waals surface area contributed by atoms with Crippen LogP contribution >= 0.6 is 0 Å². The molecule has 112 valence electrons. The minimum absolute atomic E-state index is 0.316. The predicted octanol–water partition coefficient (Wildman–Crippen LogP) is 3.21. The third kappa shape index (κ3) is 3.97. The molecule has 1 atom stereocenters. The Bertz CT molecular complexity index is 415. The van der Waals surface area contributed by atoms with Gasteiger partial charge >= 0.3 is 0 Å². The van der Waals surface area contributed by atoms with Crippen molar-refractivity contribution in [2.24, 2.45) is 11.7 Å². The standard InChI is InChI=1S/C17H28N2O/c1-13(2)9-10-19(15-7-8-15)17(12-18)14-5-4-6-16(11-14)20-3/h4-6,11,13,15,17H,7-10,12,18H2,1-3H3. The van der Waals surface area contributed by atoms with Gasteiger partial charge in [0.15, 0.2) is 0 Å². The molecule has 20 heavy (non-hydrogen) atoms. The maximum absolute atomic E-state index is 6.09. The van der Waals surface area contributed by atoms with Crippen LogP contribution in [-0.2, 0) is 0 Å². The average Bonchev–Trinajstić information content (AvgIpc) is 3.27. The molecule has 1 aromatic rings. The molecule has 0 bridgehead atoms. The highest BCUT2D eigenvalue weighted by molar-refractivity contribution is 5.31. The van der Waals surface area contributed by atoms with Crippen LogP contribution in [0.15, 0.2) is 24.3 Å². The van der Waals surface area contributed by atoms with Gasteiger partial charge in [-0.3, -0.25) is 4.90 Å². The van der Waals surface area contributed by atoms with Crippen LogP contribution in [0, 0.1) is 5.92 Å². The zero-order valence-corrected chi connectivity index (χ0v) is 13.0. The van der Waals surface area contributed by atoms with Crippen molar-refractivity contribution < 1.29 is 4.74 Å². The third-order valence-electron chi connectivity index (χ3n) is 4.08. The third-order valence-corrected chi connectivity index (χ3v) is 4.08. The maximum atomic E-state index is 6.09. The van der Waals surface area contributed by atoms with Crippen molar-refractivity contribution in [1.82, 2.24) is 4.90 Å². The molecule has 1 aliphatic rings. The highest BCUT2D eigenvalue weighted by Crippen LogP contribution is 2.35. The molecule has 0 radical (unpaired) electrons. The number of benzene rings is 1. The van der Waals surface area contributed by atoms with Crippen LogP contribution in [0.4, 0.5) is 0 Å². The fraction of sp³-hybridized carbons (Fsp3) is 0.647. The monoisotopic (exact) mass is 276 g/mol. The summed E-state index contributed by atoms with van der Waals surface area (Å²) in [4.78, 5) is 2.61. The molecule has 0 spiro atoms. The van der Waals surface area contributed by atoms with Gasteiger partial charge in [-0.2, -0.15) is 0 Å². The fourth-order valence-electron chi connectivity index (χ4n) is 2.72. The van der Waals surface area contributed by atoms with E-state index in [0.29, 0.717) is 12.6 Å². The molecule has 3 nitrogen and oxygen atoms in total. The van der Waals surface area contributed by atoms with Gasteiger partial charge in [-0.15, -0.1) is 0 Å². The Morgan fingerprint density at radius 1 is 1.35 bits per heavy atom. The van der Waals surface area contributed by atoms with E-state index in [0.717, 1.165) is 24.3 Å². The van der Waals surface area contributed by atoms with Crippen molar-refractivity contribution in [3.63, 3.8) is 0 Å². The summed E-state index contributed by atoms with van der Waals surface area (Å²) in [6.45, 7) is 6.38. The second-order valence-electron chi connectivity index (χ2n) is 6.18. The van der Waals surface area contributed by atoms with E-state index in [1.165, 1.54) is 24.8 Å². The van der Waals surface area contributed by atoms with Gasteiger partial charge in [-0.1, -0.05) is 26.0 Å². The number of rotatable bonds is 8. The molecule has 1 aliphatic carbocycles. The SMILES string of the molecule is COc1cccc(C(CN)N(CCC(C)C)C2CC2)c1. The topological polar surface area (TPSA) is 38.5 Å². The number of ether oxygens (including phenoxy) is 1. The number of nitrogens with zero attached hydrogens (tertiary/aromatic N) is 1. The van der Waals surface area contributed by atoms with Gasteiger partial charge < -0.3 is 10.5 Å². The first-order chi connectivity index (χ1) is 9.65. The lowest BCUT2D eigenvalue weighted by Crippen LogP contribution is -2.36. The minimum Gasteiger partial charge on any atom is -0.497 e. The minimum atomic E-state index is 0.316. The molecule has 0 aliphatic heterocycles. The molecule has 1 fully saturated rings. The molecule has 0 saturated heterocycles. The second-order valence-corrected chi connectivity index (χ2v) is 6.18. The van der Waals surface area contributed by atoms with Gasteiger partial charge in [-0.25, -0.2) is 0 Å². The Morgan fingerprint density at radius 3 is 2.65 bits per heavy atom. The van der Waals surface area contributed by atoms with Gasteiger partial charge in [0.1, 0.15) is 5.75 Å². The van der Waals surface area contributed by atoms with Crippen LogP contribution < -0.4 is 10.5 Å². The highest BCUT2D eigenvalue weighted by Gasteiger charge is 2.33. The molecular weight excluding hydrogens is 248 g/mol. The van der Waals surface area contributed by atoms with Crippen LogP contribution in [0.25, 0.3) is 0 Å². The van der Waals surface area contributed by atoms with E-state index in [2.05, 4.69) is 36.9 Å². The van der Waals surface area contributed by atoms with Crippen molar-refractivity contribution in [3.05, 3.63) is 29.8 Å². The maximum Gasteiger partial charge on any atom is 0.119 e. The van der Waals surface area contributed by atoms with Crippen molar-refractivity contribution in [1.29, 1.82) is 0 Å². The Labute approximate surface area is 123 Å². The first-order valence-corrected chi connectivity index (χ1v) is 7.75. The summed E-state index contributed by atoms with van der Waals surface area (Å²) in [7, 11) is 1.72. The lowest BCUT2D eigenvalue weighted by Gasteiger charge is -2.32. The molecule has 2 rings (SSSR count). The second kappa shape index (κ2) is 7.09. The summed E-state index contributed by atoms with van der Waals surface area (Å²) < 4.78 is 5.34. The number of hydrogen-bond donors (Lipinski definition) is 1. The summed E-state index contributed by atoms with van der Waals surface area (Å²) in [5.74, 6) is 1.65. The fourth-order valence-corrected chi connectivity index (χ4v) is 2.72. The average molecular weight is 276 g/mol. The summed E-state index contributed by atoms with van der Waals surface area (Å²) in [6, 6.07) is 9.40. The van der Waals surface area contributed by atoms with Gasteiger partial charge in [0.2, 0.25) is 0 Å². The van der Waals surface area contributed by atoms with E-state index in [4.69, 9.17) is 10.5 Å². The first kappa shape index (κ1) is 15.3. The Balaban J connectivity index is 2.14. The molecular formula is C17H28N2O. The molecule has 1 unspecified atom stereocenters. The van der Waals surface area contributed by atoms with E-state index in [1.807, 2.05) is 6.07 Å². The largest absolute Gasteiger partial charge is 0.497 e. The van der Waals surface area contributed by atoms with Gasteiger partial charge in [-0.05, 0) is 49.4 Å². The molecule has 0 amide bonds. The normalized spacial score (nSPS) is 16.7. The Hall–Kier alpha value is -1.06. The Kier molecular flexibility index (Phi) is 5.44. The van der Waals surface area contributed by atoms with E-state index < -0.39 is 0 Å². The van der Waals surface area contributed by atoms with Crippen LogP contribution in [0.5, 0.6) is 5.75 Å². The molecule has 2 N–H and O–H groups in total. The summed E-state index contributed by atoms with van der Waals surface area (Å²) in [5.41, 5.74) is 7.37. The van der Waals surface area contributed by atoms with Gasteiger partial charge in [0, 0.05) is 18.6 Å².